The topological polar surface area (TPSA) is 130 Å². The van der Waals surface area contributed by atoms with Crippen molar-refractivity contribution < 1.29 is 27.2 Å². The van der Waals surface area contributed by atoms with Crippen molar-refractivity contribution in [3.8, 4) is 0 Å². The van der Waals surface area contributed by atoms with Crippen LogP contribution in [-0.4, -0.2) is 57.2 Å². The Morgan fingerprint density at radius 3 is 2.70 bits per heavy atom. The first-order chi connectivity index (χ1) is 15.5. The first kappa shape index (κ1) is 24.8. The SMILES string of the molecule is CN(CC(N)=O)C(=O)c1ccc(N2CCC(NS(=O)(=O)/C=C/c3ccc(Cl)s3)C2=O)c(F)c1. The Kier molecular flexibility index (Phi) is 7.52. The van der Waals surface area contributed by atoms with E-state index < -0.39 is 39.6 Å². The lowest BCUT2D eigenvalue weighted by atomic mass is 10.1. The van der Waals surface area contributed by atoms with Gasteiger partial charge in [-0.25, -0.2) is 12.8 Å². The number of hydrogen-bond donors (Lipinski definition) is 2. The van der Waals surface area contributed by atoms with Gasteiger partial charge in [0.1, 0.15) is 11.9 Å². The molecule has 0 bridgehead atoms. The third-order valence-electron chi connectivity index (χ3n) is 4.74. The summed E-state index contributed by atoms with van der Waals surface area (Å²) < 4.78 is 42.2. The third kappa shape index (κ3) is 6.16. The van der Waals surface area contributed by atoms with Crippen molar-refractivity contribution in [3.63, 3.8) is 0 Å². The van der Waals surface area contributed by atoms with Gasteiger partial charge in [-0.2, -0.15) is 4.72 Å². The molecule has 0 saturated carbocycles. The number of nitrogens with one attached hydrogen (secondary N) is 1. The van der Waals surface area contributed by atoms with Gasteiger partial charge in [0.15, 0.2) is 0 Å². The van der Waals surface area contributed by atoms with Crippen molar-refractivity contribution in [1.82, 2.24) is 9.62 Å². The average Bonchev–Trinajstić information content (AvgIpc) is 3.31. The smallest absolute Gasteiger partial charge is 0.254 e. The standard InChI is InChI=1S/C20H20ClFN4O5S2/c1-25(11-18(23)27)19(28)12-2-4-16(14(22)10-12)26-8-6-15(20(26)29)24-33(30,31)9-7-13-3-5-17(21)32-13/h2-5,7,9-10,15,24H,6,8,11H2,1H3,(H2,23,27)/b9-7+. The molecule has 1 aromatic carbocycles. The number of likely N-dealkylation sites (N-methyl/N-ethyl adjacent to an activating group) is 1. The van der Waals surface area contributed by atoms with Crippen LogP contribution in [0.5, 0.6) is 0 Å². The monoisotopic (exact) mass is 514 g/mol. The van der Waals surface area contributed by atoms with Crippen molar-refractivity contribution >= 4 is 62.4 Å². The maximum atomic E-state index is 14.7. The molecule has 33 heavy (non-hydrogen) atoms. The van der Waals surface area contributed by atoms with Gasteiger partial charge in [-0.3, -0.25) is 14.4 Å². The Morgan fingerprint density at radius 1 is 1.36 bits per heavy atom. The van der Waals surface area contributed by atoms with E-state index in [1.807, 2.05) is 0 Å². The highest BCUT2D eigenvalue weighted by Gasteiger charge is 2.36. The van der Waals surface area contributed by atoms with E-state index >= 15 is 0 Å². The number of rotatable bonds is 8. The van der Waals surface area contributed by atoms with Gasteiger partial charge in [-0.15, -0.1) is 11.3 Å². The highest BCUT2D eigenvalue weighted by molar-refractivity contribution is 7.92. The number of halogens is 2. The van der Waals surface area contributed by atoms with Crippen molar-refractivity contribution in [2.24, 2.45) is 5.73 Å². The summed E-state index contributed by atoms with van der Waals surface area (Å²) in [5, 5.41) is 0.939. The van der Waals surface area contributed by atoms with Gasteiger partial charge in [0.25, 0.3) is 5.91 Å². The second kappa shape index (κ2) is 10.00. The molecule has 9 nitrogen and oxygen atoms in total. The summed E-state index contributed by atoms with van der Waals surface area (Å²) in [5.41, 5.74) is 4.95. The van der Waals surface area contributed by atoms with Crippen molar-refractivity contribution in [1.29, 1.82) is 0 Å². The number of anilines is 1. The number of carbonyl (C=O) groups excluding carboxylic acids is 3. The molecular weight excluding hydrogens is 495 g/mol. The lowest BCUT2D eigenvalue weighted by molar-refractivity contribution is -0.119. The minimum absolute atomic E-state index is 0.0253. The Hall–Kier alpha value is -2.80. The lowest BCUT2D eigenvalue weighted by Crippen LogP contribution is -2.41. The number of nitrogens with two attached hydrogens (primary N) is 1. The fourth-order valence-electron chi connectivity index (χ4n) is 3.23. The van der Waals surface area contributed by atoms with Crippen LogP contribution in [0.1, 0.15) is 21.7 Å². The molecule has 1 saturated heterocycles. The van der Waals surface area contributed by atoms with Gasteiger partial charge in [0.05, 0.1) is 16.6 Å². The Balaban J connectivity index is 1.69. The van der Waals surface area contributed by atoms with Crippen molar-refractivity contribution in [3.05, 3.63) is 56.3 Å². The number of sulfonamides is 1. The van der Waals surface area contributed by atoms with Gasteiger partial charge in [0, 0.05) is 29.4 Å². The molecule has 3 N–H and O–H groups in total. The largest absolute Gasteiger partial charge is 0.368 e. The second-order valence-electron chi connectivity index (χ2n) is 7.23. The Labute approximate surface area is 198 Å². The Morgan fingerprint density at radius 2 is 2.09 bits per heavy atom. The van der Waals surface area contributed by atoms with Crippen LogP contribution in [0.3, 0.4) is 0 Å². The number of nitrogens with zero attached hydrogens (tertiary/aromatic N) is 2. The van der Waals surface area contributed by atoms with Crippen LogP contribution in [0.25, 0.3) is 6.08 Å². The van der Waals surface area contributed by atoms with Gasteiger partial charge < -0.3 is 15.5 Å². The zero-order chi connectivity index (χ0) is 24.3. The maximum absolute atomic E-state index is 14.7. The number of carbonyl (C=O) groups is 3. The molecule has 0 spiro atoms. The van der Waals surface area contributed by atoms with E-state index in [2.05, 4.69) is 4.72 Å². The van der Waals surface area contributed by atoms with Crippen LogP contribution in [-0.2, 0) is 19.6 Å². The number of hydrogen-bond acceptors (Lipinski definition) is 6. The summed E-state index contributed by atoms with van der Waals surface area (Å²) in [6.45, 7) is -0.245. The number of thiophene rings is 1. The van der Waals surface area contributed by atoms with E-state index in [0.717, 1.165) is 21.3 Å². The molecule has 1 aliphatic heterocycles. The number of amides is 3. The molecule has 1 unspecified atom stereocenters. The van der Waals surface area contributed by atoms with Crippen LogP contribution < -0.4 is 15.4 Å². The van der Waals surface area contributed by atoms with Crippen molar-refractivity contribution in [2.45, 2.75) is 12.5 Å². The quantitative estimate of drug-likeness (QED) is 0.554. The number of primary amides is 1. The van der Waals surface area contributed by atoms with Gasteiger partial charge in [-0.1, -0.05) is 11.6 Å². The van der Waals surface area contributed by atoms with E-state index in [-0.39, 0.29) is 30.8 Å². The van der Waals surface area contributed by atoms with Crippen LogP contribution in [0, 0.1) is 5.82 Å². The highest BCUT2D eigenvalue weighted by atomic mass is 35.5. The minimum atomic E-state index is -3.94. The molecular formula is C20H20ClFN4O5S2. The molecule has 1 aromatic heterocycles. The van der Waals surface area contributed by atoms with E-state index in [1.54, 1.807) is 12.1 Å². The first-order valence-electron chi connectivity index (χ1n) is 9.57. The van der Waals surface area contributed by atoms with Gasteiger partial charge in [0.2, 0.25) is 21.8 Å². The van der Waals surface area contributed by atoms with E-state index in [0.29, 0.717) is 9.21 Å². The summed E-state index contributed by atoms with van der Waals surface area (Å²) >= 11 is 7.01. The predicted molar refractivity (Wildman–Crippen MR) is 124 cm³/mol. The van der Waals surface area contributed by atoms with E-state index in [9.17, 15) is 27.2 Å². The summed E-state index contributed by atoms with van der Waals surface area (Å²) in [6.07, 6.45) is 1.50. The van der Waals surface area contributed by atoms with Crippen LogP contribution in [0.2, 0.25) is 4.34 Å². The zero-order valence-electron chi connectivity index (χ0n) is 17.3. The normalized spacial score (nSPS) is 16.5. The molecule has 0 aliphatic carbocycles. The molecule has 1 atom stereocenters. The molecule has 3 amide bonds. The van der Waals surface area contributed by atoms with E-state index in [1.165, 1.54) is 36.6 Å². The van der Waals surface area contributed by atoms with Crippen LogP contribution in [0.15, 0.2) is 35.7 Å². The first-order valence-corrected chi connectivity index (χ1v) is 12.3. The maximum Gasteiger partial charge on any atom is 0.254 e. The zero-order valence-corrected chi connectivity index (χ0v) is 19.7. The predicted octanol–water partition coefficient (Wildman–Crippen LogP) is 1.79. The molecule has 176 valence electrons. The van der Waals surface area contributed by atoms with Crippen LogP contribution >= 0.6 is 22.9 Å². The summed E-state index contributed by atoms with van der Waals surface area (Å²) in [4.78, 5) is 38.8. The average molecular weight is 515 g/mol. The Bertz CT molecular complexity index is 1230. The lowest BCUT2D eigenvalue weighted by Gasteiger charge is -2.19. The van der Waals surface area contributed by atoms with Crippen LogP contribution in [0.4, 0.5) is 10.1 Å². The molecule has 1 fully saturated rings. The molecule has 2 aromatic rings. The summed E-state index contributed by atoms with van der Waals surface area (Å²) in [7, 11) is -2.59. The fourth-order valence-corrected chi connectivity index (χ4v) is 5.29. The molecule has 0 radical (unpaired) electrons. The molecule has 1 aliphatic rings. The van der Waals surface area contributed by atoms with Crippen molar-refractivity contribution in [2.75, 3.05) is 25.0 Å². The third-order valence-corrected chi connectivity index (χ3v) is 7.05. The number of benzene rings is 1. The van der Waals surface area contributed by atoms with E-state index in [4.69, 9.17) is 17.3 Å². The summed E-state index contributed by atoms with van der Waals surface area (Å²) in [5.74, 6) is -2.78. The minimum Gasteiger partial charge on any atom is -0.368 e. The summed E-state index contributed by atoms with van der Waals surface area (Å²) in [6, 6.07) is 5.76. The molecule has 2 heterocycles. The second-order valence-corrected chi connectivity index (χ2v) is 10.6. The van der Waals surface area contributed by atoms with Gasteiger partial charge >= 0.3 is 0 Å². The van der Waals surface area contributed by atoms with Gasteiger partial charge in [-0.05, 0) is 42.8 Å². The molecule has 3 rings (SSSR count). The fraction of sp³-hybridized carbons (Fsp3) is 0.250. The highest BCUT2D eigenvalue weighted by Crippen LogP contribution is 2.27. The molecule has 13 heteroatoms.